The summed E-state index contributed by atoms with van der Waals surface area (Å²) in [5.74, 6) is 0.819. The van der Waals surface area contributed by atoms with E-state index < -0.39 is 0 Å². The van der Waals surface area contributed by atoms with E-state index in [0.717, 1.165) is 32.1 Å². The predicted octanol–water partition coefficient (Wildman–Crippen LogP) is 3.94. The zero-order chi connectivity index (χ0) is 13.9. The van der Waals surface area contributed by atoms with Gasteiger partial charge in [0.1, 0.15) is 5.75 Å². The van der Waals surface area contributed by atoms with Gasteiger partial charge in [-0.3, -0.25) is 4.79 Å². The molecule has 0 atom stereocenters. The van der Waals surface area contributed by atoms with Gasteiger partial charge in [-0.2, -0.15) is 0 Å². The second-order valence-corrected chi connectivity index (χ2v) is 6.09. The number of hydrogen-bond donors (Lipinski definition) is 2. The van der Waals surface area contributed by atoms with Gasteiger partial charge in [0.05, 0.1) is 0 Å². The number of aromatic hydroxyl groups is 1. The molecule has 0 unspecified atom stereocenters. The quantitative estimate of drug-likeness (QED) is 0.862. The Labute approximate surface area is 115 Å². The van der Waals surface area contributed by atoms with Crippen LogP contribution in [-0.4, -0.2) is 11.0 Å². The predicted molar refractivity (Wildman–Crippen MR) is 77.1 cm³/mol. The highest BCUT2D eigenvalue weighted by Crippen LogP contribution is 2.44. The lowest BCUT2D eigenvalue weighted by Gasteiger charge is -2.29. The van der Waals surface area contributed by atoms with Crippen molar-refractivity contribution in [1.29, 1.82) is 0 Å². The van der Waals surface area contributed by atoms with Gasteiger partial charge in [0.15, 0.2) is 0 Å². The fourth-order valence-corrected chi connectivity index (χ4v) is 3.20. The van der Waals surface area contributed by atoms with Gasteiger partial charge in [-0.05, 0) is 37.3 Å². The van der Waals surface area contributed by atoms with Crippen molar-refractivity contribution in [2.75, 3.05) is 5.32 Å². The van der Waals surface area contributed by atoms with Crippen molar-refractivity contribution in [3.63, 3.8) is 0 Å². The van der Waals surface area contributed by atoms with Crippen LogP contribution in [0.15, 0.2) is 24.3 Å². The third-order valence-electron chi connectivity index (χ3n) is 3.95. The minimum atomic E-state index is -0.209. The summed E-state index contributed by atoms with van der Waals surface area (Å²) < 4.78 is 0. The van der Waals surface area contributed by atoms with Gasteiger partial charge in [0.25, 0.3) is 0 Å². The van der Waals surface area contributed by atoms with E-state index in [4.69, 9.17) is 0 Å². The molecule has 0 aromatic heterocycles. The summed E-state index contributed by atoms with van der Waals surface area (Å²) in [6.07, 6.45) is 5.18. The average Bonchev–Trinajstić information content (AvgIpc) is 2.78. The summed E-state index contributed by atoms with van der Waals surface area (Å²) >= 11 is 0. The van der Waals surface area contributed by atoms with Gasteiger partial charge in [-0.15, -0.1) is 0 Å². The molecule has 19 heavy (non-hydrogen) atoms. The third-order valence-corrected chi connectivity index (χ3v) is 3.95. The van der Waals surface area contributed by atoms with Crippen LogP contribution < -0.4 is 5.32 Å². The molecular formula is C16H23NO2. The van der Waals surface area contributed by atoms with E-state index in [9.17, 15) is 9.90 Å². The first kappa shape index (κ1) is 13.9. The summed E-state index contributed by atoms with van der Waals surface area (Å²) in [5, 5.41) is 12.4. The Hall–Kier alpha value is -1.51. The standard InChI is InChI=1S/C16H23NO2/c1-12(2)11-16(8-3-4-9-16)15(19)17-13-6-5-7-14(18)10-13/h5-7,10,12,18H,3-4,8-9,11H2,1-2H3,(H,17,19). The molecule has 3 heteroatoms. The second kappa shape index (κ2) is 5.64. The van der Waals surface area contributed by atoms with Gasteiger partial charge in [-0.25, -0.2) is 0 Å². The van der Waals surface area contributed by atoms with Crippen LogP contribution in [0, 0.1) is 11.3 Å². The zero-order valence-electron chi connectivity index (χ0n) is 11.8. The number of carbonyl (C=O) groups is 1. The van der Waals surface area contributed by atoms with E-state index in [2.05, 4.69) is 19.2 Å². The number of anilines is 1. The average molecular weight is 261 g/mol. The van der Waals surface area contributed by atoms with Crippen molar-refractivity contribution in [2.45, 2.75) is 46.0 Å². The fraction of sp³-hybridized carbons (Fsp3) is 0.562. The molecule has 1 amide bonds. The van der Waals surface area contributed by atoms with Crippen LogP contribution in [0.5, 0.6) is 5.75 Å². The molecule has 1 aromatic carbocycles. The first-order chi connectivity index (χ1) is 9.02. The SMILES string of the molecule is CC(C)CC1(C(=O)Nc2cccc(O)c2)CCCC1. The van der Waals surface area contributed by atoms with Crippen LogP contribution in [0.4, 0.5) is 5.69 Å². The highest BCUT2D eigenvalue weighted by molar-refractivity contribution is 5.95. The lowest BCUT2D eigenvalue weighted by Crippen LogP contribution is -2.35. The van der Waals surface area contributed by atoms with Crippen LogP contribution in [-0.2, 0) is 4.79 Å². The summed E-state index contributed by atoms with van der Waals surface area (Å²) in [6, 6.07) is 6.76. The maximum atomic E-state index is 12.6. The lowest BCUT2D eigenvalue weighted by molar-refractivity contribution is -0.126. The molecule has 0 saturated heterocycles. The van der Waals surface area contributed by atoms with E-state index in [1.54, 1.807) is 18.2 Å². The van der Waals surface area contributed by atoms with Crippen LogP contribution in [0.2, 0.25) is 0 Å². The molecule has 0 heterocycles. The molecular weight excluding hydrogens is 238 g/mol. The zero-order valence-corrected chi connectivity index (χ0v) is 11.8. The Balaban J connectivity index is 2.12. The highest BCUT2D eigenvalue weighted by atomic mass is 16.3. The first-order valence-electron chi connectivity index (χ1n) is 7.12. The van der Waals surface area contributed by atoms with Gasteiger partial charge in [-0.1, -0.05) is 32.8 Å². The molecule has 1 fully saturated rings. The first-order valence-corrected chi connectivity index (χ1v) is 7.12. The van der Waals surface area contributed by atoms with E-state index in [1.165, 1.54) is 0 Å². The van der Waals surface area contributed by atoms with E-state index in [1.807, 2.05) is 6.07 Å². The fourth-order valence-electron chi connectivity index (χ4n) is 3.20. The Morgan fingerprint density at radius 2 is 2.05 bits per heavy atom. The normalized spacial score (nSPS) is 17.6. The van der Waals surface area contributed by atoms with Crippen LogP contribution in [0.25, 0.3) is 0 Å². The molecule has 1 aromatic rings. The van der Waals surface area contributed by atoms with E-state index >= 15 is 0 Å². The molecule has 2 N–H and O–H groups in total. The molecule has 0 spiro atoms. The van der Waals surface area contributed by atoms with Crippen LogP contribution >= 0.6 is 0 Å². The number of phenolic OH excluding ortho intramolecular Hbond substituents is 1. The Bertz CT molecular complexity index is 448. The molecule has 0 aliphatic heterocycles. The maximum Gasteiger partial charge on any atom is 0.230 e. The minimum Gasteiger partial charge on any atom is -0.508 e. The summed E-state index contributed by atoms with van der Waals surface area (Å²) in [4.78, 5) is 12.6. The summed E-state index contributed by atoms with van der Waals surface area (Å²) in [5.41, 5.74) is 0.472. The van der Waals surface area contributed by atoms with Gasteiger partial charge in [0, 0.05) is 17.2 Å². The third kappa shape index (κ3) is 3.28. The second-order valence-electron chi connectivity index (χ2n) is 6.09. The van der Waals surface area contributed by atoms with Crippen LogP contribution in [0.3, 0.4) is 0 Å². The van der Waals surface area contributed by atoms with Gasteiger partial charge < -0.3 is 10.4 Å². The van der Waals surface area contributed by atoms with Crippen molar-refractivity contribution in [2.24, 2.45) is 11.3 Å². The van der Waals surface area contributed by atoms with Crippen molar-refractivity contribution in [3.8, 4) is 5.75 Å². The lowest BCUT2D eigenvalue weighted by atomic mass is 9.77. The smallest absolute Gasteiger partial charge is 0.230 e. The Kier molecular flexibility index (Phi) is 4.13. The molecule has 1 aliphatic rings. The number of rotatable bonds is 4. The van der Waals surface area contributed by atoms with Crippen molar-refractivity contribution < 1.29 is 9.90 Å². The van der Waals surface area contributed by atoms with Crippen LogP contribution in [0.1, 0.15) is 46.0 Å². The van der Waals surface area contributed by atoms with Gasteiger partial charge >= 0.3 is 0 Å². The minimum absolute atomic E-state index is 0.115. The molecule has 1 saturated carbocycles. The van der Waals surface area contributed by atoms with Gasteiger partial charge in [0.2, 0.25) is 5.91 Å². The van der Waals surface area contributed by atoms with E-state index in [-0.39, 0.29) is 17.1 Å². The summed E-state index contributed by atoms with van der Waals surface area (Å²) in [7, 11) is 0. The number of nitrogens with one attached hydrogen (secondary N) is 1. The number of phenols is 1. The summed E-state index contributed by atoms with van der Waals surface area (Å²) in [6.45, 7) is 4.34. The van der Waals surface area contributed by atoms with Crippen molar-refractivity contribution in [1.82, 2.24) is 0 Å². The highest BCUT2D eigenvalue weighted by Gasteiger charge is 2.41. The number of benzene rings is 1. The molecule has 3 nitrogen and oxygen atoms in total. The van der Waals surface area contributed by atoms with E-state index in [0.29, 0.717) is 11.6 Å². The molecule has 0 bridgehead atoms. The molecule has 0 radical (unpaired) electrons. The number of hydrogen-bond acceptors (Lipinski definition) is 2. The Morgan fingerprint density at radius 3 is 2.63 bits per heavy atom. The molecule has 1 aliphatic carbocycles. The van der Waals surface area contributed by atoms with Crippen molar-refractivity contribution in [3.05, 3.63) is 24.3 Å². The monoisotopic (exact) mass is 261 g/mol. The largest absolute Gasteiger partial charge is 0.508 e. The molecule has 104 valence electrons. The number of amides is 1. The molecule has 2 rings (SSSR count). The Morgan fingerprint density at radius 1 is 1.37 bits per heavy atom. The number of carbonyl (C=O) groups excluding carboxylic acids is 1. The topological polar surface area (TPSA) is 49.3 Å². The maximum absolute atomic E-state index is 12.6. The van der Waals surface area contributed by atoms with Crippen molar-refractivity contribution >= 4 is 11.6 Å².